The third-order valence-corrected chi connectivity index (χ3v) is 4.38. The van der Waals surface area contributed by atoms with Crippen molar-refractivity contribution in [3.05, 3.63) is 29.3 Å². The van der Waals surface area contributed by atoms with Gasteiger partial charge in [-0.25, -0.2) is 0 Å². The van der Waals surface area contributed by atoms with Crippen molar-refractivity contribution < 1.29 is 13.2 Å². The first-order valence-corrected chi connectivity index (χ1v) is 7.40. The lowest BCUT2D eigenvalue weighted by Gasteiger charge is -2.16. The number of thioether (sulfide) groups is 1. The summed E-state index contributed by atoms with van der Waals surface area (Å²) >= 11 is 7.59. The Hall–Kier alpha value is -0.390. The molecule has 1 aromatic carbocycles. The van der Waals surface area contributed by atoms with Gasteiger partial charge in [0.2, 0.25) is 0 Å². The Morgan fingerprint density at radius 1 is 1.32 bits per heavy atom. The third-order valence-electron chi connectivity index (χ3n) is 2.70. The second kappa shape index (κ2) is 8.02. The number of benzene rings is 1. The van der Waals surface area contributed by atoms with Crippen LogP contribution >= 0.6 is 23.4 Å². The number of rotatable bonds is 7. The Morgan fingerprint density at radius 3 is 2.58 bits per heavy atom. The Bertz CT molecular complexity index is 384. The summed E-state index contributed by atoms with van der Waals surface area (Å²) in [5, 5.41) is 3.73. The topological polar surface area (TPSA) is 12.0 Å². The Balaban J connectivity index is 2.35. The van der Waals surface area contributed by atoms with E-state index in [-0.39, 0.29) is 12.5 Å². The Kier molecular flexibility index (Phi) is 7.04. The highest BCUT2D eigenvalue weighted by atomic mass is 35.5. The second-order valence-electron chi connectivity index (χ2n) is 4.23. The smallest absolute Gasteiger partial charge is 0.316 e. The molecule has 0 amide bonds. The lowest BCUT2D eigenvalue weighted by atomic mass is 10.1. The maximum absolute atomic E-state index is 12.1. The molecule has 0 fully saturated rings. The van der Waals surface area contributed by atoms with E-state index in [1.165, 1.54) is 0 Å². The molecule has 0 saturated carbocycles. The van der Waals surface area contributed by atoms with Crippen molar-refractivity contribution >= 4 is 23.4 Å². The largest absolute Gasteiger partial charge is 0.389 e. The number of halogens is 4. The molecule has 108 valence electrons. The van der Waals surface area contributed by atoms with E-state index in [9.17, 15) is 13.2 Å². The summed E-state index contributed by atoms with van der Waals surface area (Å²) < 4.78 is 36.2. The molecular weight excluding hydrogens is 295 g/mol. The molecule has 1 aromatic rings. The molecule has 0 aliphatic heterocycles. The number of hydrogen-bond donors (Lipinski definition) is 1. The molecule has 0 saturated heterocycles. The second-order valence-corrected chi connectivity index (χ2v) is 5.70. The first-order chi connectivity index (χ1) is 8.92. The highest BCUT2D eigenvalue weighted by Crippen LogP contribution is 2.28. The lowest BCUT2D eigenvalue weighted by Crippen LogP contribution is -2.28. The summed E-state index contributed by atoms with van der Waals surface area (Å²) in [6.45, 7) is 0. The van der Waals surface area contributed by atoms with E-state index < -0.39 is 12.6 Å². The van der Waals surface area contributed by atoms with E-state index in [1.807, 2.05) is 24.3 Å². The number of hydrogen-bond acceptors (Lipinski definition) is 2. The Morgan fingerprint density at radius 2 is 2.00 bits per heavy atom. The van der Waals surface area contributed by atoms with Crippen LogP contribution in [-0.2, 0) is 0 Å². The van der Waals surface area contributed by atoms with Crippen molar-refractivity contribution in [2.45, 2.75) is 36.4 Å². The van der Waals surface area contributed by atoms with Crippen LogP contribution in [0.25, 0.3) is 0 Å². The van der Waals surface area contributed by atoms with Gasteiger partial charge in [-0.15, -0.1) is 11.8 Å². The first-order valence-electron chi connectivity index (χ1n) is 6.03. The van der Waals surface area contributed by atoms with Crippen LogP contribution in [0, 0.1) is 0 Å². The predicted octanol–water partition coefficient (Wildman–Crippen LogP) is 4.75. The minimum Gasteiger partial charge on any atom is -0.316 e. The van der Waals surface area contributed by atoms with Crippen LogP contribution in [0.3, 0.4) is 0 Å². The van der Waals surface area contributed by atoms with Gasteiger partial charge in [0.25, 0.3) is 0 Å². The summed E-state index contributed by atoms with van der Waals surface area (Å²) in [5.41, 5.74) is 0. The molecule has 0 spiro atoms. The van der Waals surface area contributed by atoms with Crippen LogP contribution in [0.15, 0.2) is 29.2 Å². The summed E-state index contributed by atoms with van der Waals surface area (Å²) in [5.74, 6) is 0.706. The summed E-state index contributed by atoms with van der Waals surface area (Å²) in [6.07, 6.45) is -4.12. The zero-order valence-corrected chi connectivity index (χ0v) is 12.2. The van der Waals surface area contributed by atoms with Crippen LogP contribution in [-0.4, -0.2) is 25.0 Å². The fourth-order valence-electron chi connectivity index (χ4n) is 1.61. The van der Waals surface area contributed by atoms with Gasteiger partial charge in [0.05, 0.1) is 5.02 Å². The van der Waals surface area contributed by atoms with Gasteiger partial charge in [0.15, 0.2) is 0 Å². The summed E-state index contributed by atoms with van der Waals surface area (Å²) in [4.78, 5) is 0.959. The van der Waals surface area contributed by atoms with Crippen LogP contribution in [0.5, 0.6) is 0 Å². The predicted molar refractivity (Wildman–Crippen MR) is 74.9 cm³/mol. The SMILES string of the molecule is CNC(CCCC(F)(F)F)CSc1ccccc1Cl. The fraction of sp³-hybridized carbons (Fsp3) is 0.538. The standard InChI is InChI=1S/C13H17ClF3NS/c1-18-10(5-4-8-13(15,16)17)9-19-12-7-3-2-6-11(12)14/h2-3,6-7,10,18H,4-5,8-9H2,1H3. The molecule has 0 aliphatic carbocycles. The quantitative estimate of drug-likeness (QED) is 0.729. The van der Waals surface area contributed by atoms with Gasteiger partial charge < -0.3 is 5.32 Å². The first kappa shape index (κ1) is 16.7. The molecule has 1 nitrogen and oxygen atoms in total. The zero-order valence-electron chi connectivity index (χ0n) is 10.6. The fourth-order valence-corrected chi connectivity index (χ4v) is 3.01. The van der Waals surface area contributed by atoms with Crippen molar-refractivity contribution in [1.29, 1.82) is 0 Å². The van der Waals surface area contributed by atoms with E-state index in [4.69, 9.17) is 11.6 Å². The van der Waals surface area contributed by atoms with Crippen LogP contribution < -0.4 is 5.32 Å². The van der Waals surface area contributed by atoms with Crippen molar-refractivity contribution in [3.8, 4) is 0 Å². The van der Waals surface area contributed by atoms with Gasteiger partial charge in [-0.2, -0.15) is 13.2 Å². The molecule has 1 unspecified atom stereocenters. The summed E-state index contributed by atoms with van der Waals surface area (Å²) in [6, 6.07) is 7.53. The van der Waals surface area contributed by atoms with Crippen molar-refractivity contribution in [1.82, 2.24) is 5.32 Å². The molecule has 0 aromatic heterocycles. The van der Waals surface area contributed by atoms with E-state index in [1.54, 1.807) is 18.8 Å². The maximum Gasteiger partial charge on any atom is 0.389 e. The number of nitrogens with one attached hydrogen (secondary N) is 1. The molecule has 0 aliphatic rings. The molecule has 1 atom stereocenters. The molecule has 1 N–H and O–H groups in total. The average molecular weight is 312 g/mol. The van der Waals surface area contributed by atoms with Crippen LogP contribution in [0.2, 0.25) is 5.02 Å². The van der Waals surface area contributed by atoms with Crippen molar-refractivity contribution in [3.63, 3.8) is 0 Å². The zero-order chi connectivity index (χ0) is 14.3. The summed E-state index contributed by atoms with van der Waals surface area (Å²) in [7, 11) is 1.77. The van der Waals surface area contributed by atoms with Gasteiger partial charge in [0, 0.05) is 23.1 Å². The minimum absolute atomic E-state index is 0.0589. The molecule has 0 heterocycles. The van der Waals surface area contributed by atoms with Gasteiger partial charge >= 0.3 is 6.18 Å². The highest BCUT2D eigenvalue weighted by Gasteiger charge is 2.26. The monoisotopic (exact) mass is 311 g/mol. The van der Waals surface area contributed by atoms with Crippen LogP contribution in [0.4, 0.5) is 13.2 Å². The van der Waals surface area contributed by atoms with E-state index in [0.717, 1.165) is 4.90 Å². The number of alkyl halides is 3. The third kappa shape index (κ3) is 7.09. The molecule has 6 heteroatoms. The van der Waals surface area contributed by atoms with Crippen LogP contribution in [0.1, 0.15) is 19.3 Å². The van der Waals surface area contributed by atoms with E-state index in [2.05, 4.69) is 5.32 Å². The maximum atomic E-state index is 12.1. The Labute approximate surface area is 120 Å². The molecular formula is C13H17ClF3NS. The van der Waals surface area contributed by atoms with Gasteiger partial charge in [-0.3, -0.25) is 0 Å². The molecule has 0 radical (unpaired) electrons. The normalized spacial score (nSPS) is 13.5. The van der Waals surface area contributed by atoms with Gasteiger partial charge in [0.1, 0.15) is 0 Å². The van der Waals surface area contributed by atoms with E-state index in [0.29, 0.717) is 17.2 Å². The van der Waals surface area contributed by atoms with Crippen molar-refractivity contribution in [2.75, 3.05) is 12.8 Å². The molecule has 0 bridgehead atoms. The average Bonchev–Trinajstić information content (AvgIpc) is 2.34. The molecule has 1 rings (SSSR count). The lowest BCUT2D eigenvalue weighted by molar-refractivity contribution is -0.135. The molecule has 19 heavy (non-hydrogen) atoms. The minimum atomic E-state index is -4.06. The van der Waals surface area contributed by atoms with E-state index >= 15 is 0 Å². The van der Waals surface area contributed by atoms with Gasteiger partial charge in [-0.1, -0.05) is 23.7 Å². The van der Waals surface area contributed by atoms with Crippen molar-refractivity contribution in [2.24, 2.45) is 0 Å². The highest BCUT2D eigenvalue weighted by molar-refractivity contribution is 7.99. The van der Waals surface area contributed by atoms with Gasteiger partial charge in [-0.05, 0) is 32.0 Å².